The maximum absolute atomic E-state index is 6.03. The number of rotatable bonds is 7. The van der Waals surface area contributed by atoms with Crippen molar-refractivity contribution in [3.63, 3.8) is 0 Å². The van der Waals surface area contributed by atoms with Gasteiger partial charge in [0.2, 0.25) is 0 Å². The minimum atomic E-state index is -1.40. The van der Waals surface area contributed by atoms with Crippen LogP contribution in [0.1, 0.15) is 24.0 Å². The van der Waals surface area contributed by atoms with Crippen LogP contribution in [0.5, 0.6) is 5.75 Å². The third-order valence-corrected chi connectivity index (χ3v) is 7.59. The Morgan fingerprint density at radius 3 is 1.46 bits per heavy atom. The number of nitrogens with zero attached hydrogens (tertiary/aromatic N) is 1. The lowest BCUT2D eigenvalue weighted by atomic mass is 9.16. The van der Waals surface area contributed by atoms with Gasteiger partial charge in [0.05, 0.1) is 34.8 Å². The molecule has 0 aliphatic carbocycles. The van der Waals surface area contributed by atoms with Crippen LogP contribution in [0.2, 0.25) is 0 Å². The van der Waals surface area contributed by atoms with Crippen LogP contribution >= 0.6 is 15.9 Å². The molecule has 0 aliphatic rings. The first kappa shape index (κ1) is 30.3. The van der Waals surface area contributed by atoms with Crippen molar-refractivity contribution < 1.29 is 9.22 Å². The maximum atomic E-state index is 6.03. The normalized spacial score (nSPS) is 11.1. The van der Waals surface area contributed by atoms with Gasteiger partial charge in [-0.05, 0) is 43.5 Å². The molecule has 202 valence electrons. The van der Waals surface area contributed by atoms with Gasteiger partial charge in [-0.2, -0.15) is 16.4 Å². The summed E-state index contributed by atoms with van der Waals surface area (Å²) in [6.07, 6.45) is 0.261. The summed E-state index contributed by atoms with van der Waals surface area (Å²) in [5.41, 5.74) is 6.10. The van der Waals surface area contributed by atoms with Crippen LogP contribution in [-0.4, -0.2) is 45.4 Å². The summed E-state index contributed by atoms with van der Waals surface area (Å²) in [6.45, 7) is 4.83. The largest absolute Gasteiger partial charge is 0.494 e. The topological polar surface area (TPSA) is 9.23 Å². The van der Waals surface area contributed by atoms with E-state index in [0.29, 0.717) is 6.61 Å². The molecule has 4 rings (SSSR count). The molecule has 2 nitrogen and oxygen atoms in total. The zero-order chi connectivity index (χ0) is 28.3. The molecule has 39 heavy (non-hydrogen) atoms. The Balaban J connectivity index is 0.000000771. The lowest BCUT2D eigenvalue weighted by molar-refractivity contribution is -0.849. The van der Waals surface area contributed by atoms with E-state index in [1.165, 1.54) is 27.5 Å². The van der Waals surface area contributed by atoms with Crippen molar-refractivity contribution in [1.29, 1.82) is 0 Å². The van der Waals surface area contributed by atoms with E-state index in [0.717, 1.165) is 27.5 Å². The molecule has 0 amide bonds. The molecule has 0 radical (unpaired) electrons. The van der Waals surface area contributed by atoms with E-state index >= 15 is 0 Å². The smallest absolute Gasteiger partial charge is 0.149 e. The summed E-state index contributed by atoms with van der Waals surface area (Å²) in [4.78, 5) is 0. The highest BCUT2D eigenvalue weighted by atomic mass is 79.9. The molecule has 0 aromatic heterocycles. The van der Waals surface area contributed by atoms with Crippen LogP contribution < -0.4 is 21.1 Å². The number of unbranched alkanes of at least 4 members (excludes halogenated alkanes) is 1. The molecule has 0 aliphatic heterocycles. The number of hydrogen-bond acceptors (Lipinski definition) is 1. The van der Waals surface area contributed by atoms with Crippen molar-refractivity contribution in [2.75, 3.05) is 34.8 Å². The van der Waals surface area contributed by atoms with Gasteiger partial charge in [0, 0.05) is 10.9 Å². The Bertz CT molecular complexity index is 1240. The third kappa shape index (κ3) is 8.89. The first-order valence-corrected chi connectivity index (χ1v) is 14.4. The summed E-state index contributed by atoms with van der Waals surface area (Å²) in [6, 6.07) is 36.2. The Labute approximate surface area is 244 Å². The van der Waals surface area contributed by atoms with Crippen LogP contribution in [0, 0.1) is 25.6 Å². The van der Waals surface area contributed by atoms with Gasteiger partial charge >= 0.3 is 0 Å². The number of aryl methyl sites for hydroxylation is 2. The lowest BCUT2D eigenvalue weighted by Gasteiger charge is -2.38. The van der Waals surface area contributed by atoms with Crippen LogP contribution in [-0.2, 0) is 0 Å². The summed E-state index contributed by atoms with van der Waals surface area (Å²) in [5.74, 6) is 8.21. The van der Waals surface area contributed by atoms with Gasteiger partial charge in [-0.3, -0.25) is 5.82 Å². The van der Waals surface area contributed by atoms with Gasteiger partial charge < -0.3 is 9.22 Å². The fourth-order valence-electron chi connectivity index (χ4n) is 4.62. The van der Waals surface area contributed by atoms with E-state index in [1.54, 1.807) is 0 Å². The summed E-state index contributed by atoms with van der Waals surface area (Å²) in [7, 11) is 8.50. The average Bonchev–Trinajstić information content (AvgIpc) is 2.92. The molecule has 0 atom stereocenters. The molecule has 0 spiro atoms. The number of ether oxygens (including phenoxy) is 1. The molecular weight excluding hydrogens is 541 g/mol. The minimum absolute atomic E-state index is 0.650. The Hall–Kier alpha value is -3.26. The Morgan fingerprint density at radius 2 is 1.08 bits per heavy atom. The van der Waals surface area contributed by atoms with Crippen LogP contribution in [0.3, 0.4) is 0 Å². The van der Waals surface area contributed by atoms with Crippen LogP contribution in [0.4, 0.5) is 0 Å². The van der Waals surface area contributed by atoms with E-state index in [4.69, 9.17) is 4.74 Å². The fraction of sp³-hybridized carbons (Fsp3) is 0.257. The van der Waals surface area contributed by atoms with Crippen molar-refractivity contribution in [3.05, 3.63) is 119 Å². The zero-order valence-corrected chi connectivity index (χ0v) is 25.8. The van der Waals surface area contributed by atoms with Gasteiger partial charge in [-0.15, -0.1) is 5.92 Å². The van der Waals surface area contributed by atoms with Gasteiger partial charge in [0.15, 0.2) is 0 Å². The molecule has 0 fully saturated rings. The molecule has 4 heteroatoms. The average molecular weight is 582 g/mol. The number of quaternary nitrogens is 1. The Kier molecular flexibility index (Phi) is 11.0. The highest BCUT2D eigenvalue weighted by Gasteiger charge is 2.27. The quantitative estimate of drug-likeness (QED) is 0.108. The van der Waals surface area contributed by atoms with Gasteiger partial charge in [0.25, 0.3) is 0 Å². The van der Waals surface area contributed by atoms with Crippen molar-refractivity contribution >= 4 is 38.5 Å². The first-order valence-electron chi connectivity index (χ1n) is 13.6. The second-order valence-corrected chi connectivity index (χ2v) is 12.2. The summed E-state index contributed by atoms with van der Waals surface area (Å²) >= 11 is 3.62. The second kappa shape index (κ2) is 14.2. The van der Waals surface area contributed by atoms with Gasteiger partial charge in [-0.25, -0.2) is 0 Å². The van der Waals surface area contributed by atoms with E-state index in [-0.39, 0.29) is 0 Å². The fourth-order valence-corrected chi connectivity index (χ4v) is 4.85. The highest BCUT2D eigenvalue weighted by molar-refractivity contribution is 9.10. The monoisotopic (exact) mass is 581 g/mol. The van der Waals surface area contributed by atoms with Crippen molar-refractivity contribution in [2.45, 2.75) is 26.7 Å². The molecule has 4 aromatic rings. The van der Waals surface area contributed by atoms with E-state index in [9.17, 15) is 0 Å². The summed E-state index contributed by atoms with van der Waals surface area (Å²) in [5, 5.41) is 0. The highest BCUT2D eigenvalue weighted by Crippen LogP contribution is 2.26. The van der Waals surface area contributed by atoms with E-state index in [1.807, 2.05) is 0 Å². The minimum Gasteiger partial charge on any atom is -0.494 e. The van der Waals surface area contributed by atoms with Crippen molar-refractivity contribution in [1.82, 2.24) is 0 Å². The summed E-state index contributed by atoms with van der Waals surface area (Å²) < 4.78 is 8.17. The number of benzene rings is 4. The molecule has 0 saturated heterocycles. The molecular formula is C35H41BBrNO. The van der Waals surface area contributed by atoms with Crippen molar-refractivity contribution in [2.24, 2.45) is 0 Å². The van der Waals surface area contributed by atoms with E-state index in [2.05, 4.69) is 173 Å². The number of halogens is 1. The Morgan fingerprint density at radius 1 is 0.692 bits per heavy atom. The molecule has 0 heterocycles. The standard InChI is InChI=1S/C31H29BBrO.C4H12N/c1-25-23-30(24-26(2)31(25)33)34-22-14-6-13-21-32(27-15-7-3-8-16-27,28-17-9-4-10-18-28)29-19-11-5-12-20-29;1-5(2,3)4/h3-5,7-12,15-20,23-24H,6,14,22H2,1-2H3;1-4H3/q-1;+1. The molecule has 4 aromatic carbocycles. The van der Waals surface area contributed by atoms with Crippen LogP contribution in [0.25, 0.3) is 0 Å². The second-order valence-electron chi connectivity index (χ2n) is 11.4. The molecule has 0 bridgehead atoms. The molecule has 0 unspecified atom stereocenters. The van der Waals surface area contributed by atoms with Crippen molar-refractivity contribution in [3.8, 4) is 17.5 Å². The first-order chi connectivity index (χ1) is 18.6. The number of hydrogen-bond donors (Lipinski definition) is 0. The van der Waals surface area contributed by atoms with Crippen LogP contribution in [0.15, 0.2) is 108 Å². The van der Waals surface area contributed by atoms with E-state index < -0.39 is 6.15 Å². The third-order valence-electron chi connectivity index (χ3n) is 6.34. The SMILES string of the molecule is C[N+](C)(C)C.Cc1cc(OCCCC#C[B-](c2ccccc2)(c2ccccc2)c2ccccc2)cc(C)c1Br. The van der Waals surface area contributed by atoms with Gasteiger partial charge in [-0.1, -0.05) is 107 Å². The molecule has 0 saturated carbocycles. The molecule has 0 N–H and O–H groups in total. The zero-order valence-electron chi connectivity index (χ0n) is 24.2. The maximum Gasteiger partial charge on any atom is 0.149 e. The predicted molar refractivity (Wildman–Crippen MR) is 174 cm³/mol. The van der Waals surface area contributed by atoms with Gasteiger partial charge in [0.1, 0.15) is 11.9 Å². The lowest BCUT2D eigenvalue weighted by Crippen LogP contribution is -2.66. The predicted octanol–water partition coefficient (Wildman–Crippen LogP) is 6.26.